The molecule has 3 N–H and O–H groups in total. The van der Waals surface area contributed by atoms with Crippen LogP contribution in [-0.2, 0) is 4.79 Å². The van der Waals surface area contributed by atoms with Crippen LogP contribution in [0.15, 0.2) is 0 Å². The summed E-state index contributed by atoms with van der Waals surface area (Å²) < 4.78 is 0. The van der Waals surface area contributed by atoms with Crippen molar-refractivity contribution in [1.29, 1.82) is 0 Å². The molecule has 1 aliphatic rings. The van der Waals surface area contributed by atoms with Crippen molar-refractivity contribution in [2.45, 2.75) is 19.5 Å². The number of hydrogen-bond donors (Lipinski definition) is 2. The van der Waals surface area contributed by atoms with E-state index in [0.717, 1.165) is 6.42 Å². The van der Waals surface area contributed by atoms with Gasteiger partial charge < -0.3 is 11.1 Å². The third-order valence-electron chi connectivity index (χ3n) is 1.38. The van der Waals surface area contributed by atoms with Crippen LogP contribution in [0.5, 0.6) is 0 Å². The highest BCUT2D eigenvalue weighted by Gasteiger charge is 2.24. The second-order valence-corrected chi connectivity index (χ2v) is 2.25. The topological polar surface area (TPSA) is 55.1 Å². The molecule has 0 aromatic carbocycles. The molecule has 3 heteroatoms. The van der Waals surface area contributed by atoms with Crippen LogP contribution in [0.1, 0.15) is 13.3 Å². The molecule has 2 unspecified atom stereocenters. The van der Waals surface area contributed by atoms with Crippen LogP contribution in [-0.4, -0.2) is 12.1 Å². The van der Waals surface area contributed by atoms with Gasteiger partial charge in [0, 0.05) is 5.92 Å². The predicted molar refractivity (Wildman–Crippen MR) is 29.9 cm³/mol. The van der Waals surface area contributed by atoms with Crippen molar-refractivity contribution >= 4 is 5.91 Å². The van der Waals surface area contributed by atoms with E-state index in [1.165, 1.54) is 0 Å². The summed E-state index contributed by atoms with van der Waals surface area (Å²) in [6.45, 7) is 1.88. The van der Waals surface area contributed by atoms with Gasteiger partial charge >= 0.3 is 0 Å². The first-order valence-electron chi connectivity index (χ1n) is 2.76. The zero-order chi connectivity index (χ0) is 6.15. The molecule has 1 rings (SSSR count). The van der Waals surface area contributed by atoms with Gasteiger partial charge in [0.2, 0.25) is 5.91 Å². The monoisotopic (exact) mass is 114 g/mol. The Morgan fingerprint density at radius 2 is 2.50 bits per heavy atom. The lowest BCUT2D eigenvalue weighted by Gasteiger charge is -1.96. The molecule has 46 valence electrons. The first-order valence-corrected chi connectivity index (χ1v) is 2.76. The number of hydrogen-bond acceptors (Lipinski definition) is 2. The molecule has 1 heterocycles. The molecule has 0 aromatic heterocycles. The number of nitrogens with one attached hydrogen (secondary N) is 1. The Labute approximate surface area is 48.2 Å². The average molecular weight is 114 g/mol. The van der Waals surface area contributed by atoms with Crippen LogP contribution in [0, 0.1) is 5.92 Å². The number of amides is 1. The summed E-state index contributed by atoms with van der Waals surface area (Å²) in [7, 11) is 0. The van der Waals surface area contributed by atoms with Crippen molar-refractivity contribution in [2.75, 3.05) is 0 Å². The van der Waals surface area contributed by atoms with Crippen LogP contribution in [0.3, 0.4) is 0 Å². The first-order chi connectivity index (χ1) is 3.70. The third-order valence-corrected chi connectivity index (χ3v) is 1.38. The highest BCUT2D eigenvalue weighted by atomic mass is 16.2. The highest BCUT2D eigenvalue weighted by molar-refractivity contribution is 5.80. The number of rotatable bonds is 0. The van der Waals surface area contributed by atoms with E-state index in [1.807, 2.05) is 6.92 Å². The lowest BCUT2D eigenvalue weighted by Crippen LogP contribution is -2.33. The smallest absolute Gasteiger partial charge is 0.224 e. The Morgan fingerprint density at radius 3 is 2.62 bits per heavy atom. The fraction of sp³-hybridized carbons (Fsp3) is 0.800. The largest absolute Gasteiger partial charge is 0.341 e. The van der Waals surface area contributed by atoms with E-state index in [9.17, 15) is 4.79 Å². The zero-order valence-electron chi connectivity index (χ0n) is 4.85. The normalized spacial score (nSPS) is 37.5. The van der Waals surface area contributed by atoms with Crippen molar-refractivity contribution in [1.82, 2.24) is 5.32 Å². The molecule has 0 saturated carbocycles. The van der Waals surface area contributed by atoms with Gasteiger partial charge in [0.05, 0.1) is 6.17 Å². The van der Waals surface area contributed by atoms with E-state index in [4.69, 9.17) is 5.73 Å². The van der Waals surface area contributed by atoms with Gasteiger partial charge in [-0.1, -0.05) is 6.92 Å². The second kappa shape index (κ2) is 1.74. The molecule has 8 heavy (non-hydrogen) atoms. The summed E-state index contributed by atoms with van der Waals surface area (Å²) in [5.74, 6) is 0.197. The lowest BCUT2D eigenvalue weighted by molar-refractivity contribution is -0.122. The van der Waals surface area contributed by atoms with Gasteiger partial charge in [-0.05, 0) is 6.42 Å². The number of carbonyl (C=O) groups excluding carboxylic acids is 1. The Kier molecular flexibility index (Phi) is 1.21. The van der Waals surface area contributed by atoms with Gasteiger partial charge in [-0.3, -0.25) is 4.79 Å². The van der Waals surface area contributed by atoms with Crippen molar-refractivity contribution < 1.29 is 4.79 Å². The number of carbonyl (C=O) groups is 1. The minimum absolute atomic E-state index is 0.0810. The van der Waals surface area contributed by atoms with Gasteiger partial charge in [-0.15, -0.1) is 0 Å². The summed E-state index contributed by atoms with van der Waals surface area (Å²) >= 11 is 0. The minimum atomic E-state index is -0.0995. The molecule has 0 aliphatic carbocycles. The fourth-order valence-electron chi connectivity index (χ4n) is 0.872. The summed E-state index contributed by atoms with van der Waals surface area (Å²) in [4.78, 5) is 10.6. The maximum Gasteiger partial charge on any atom is 0.224 e. The minimum Gasteiger partial charge on any atom is -0.341 e. The molecule has 2 atom stereocenters. The van der Waals surface area contributed by atoms with E-state index >= 15 is 0 Å². The van der Waals surface area contributed by atoms with E-state index in [2.05, 4.69) is 5.32 Å². The summed E-state index contributed by atoms with van der Waals surface area (Å²) in [5.41, 5.74) is 5.38. The molecule has 1 aliphatic heterocycles. The van der Waals surface area contributed by atoms with Gasteiger partial charge in [-0.2, -0.15) is 0 Å². The maximum atomic E-state index is 10.6. The predicted octanol–water partition coefficient (Wildman–Crippen LogP) is -0.573. The maximum absolute atomic E-state index is 10.6. The third kappa shape index (κ3) is 0.816. The Morgan fingerprint density at radius 1 is 1.88 bits per heavy atom. The second-order valence-electron chi connectivity index (χ2n) is 2.25. The zero-order valence-corrected chi connectivity index (χ0v) is 4.85. The highest BCUT2D eigenvalue weighted by Crippen LogP contribution is 2.09. The summed E-state index contributed by atoms with van der Waals surface area (Å²) in [6, 6.07) is 0. The van der Waals surface area contributed by atoms with E-state index in [0.29, 0.717) is 0 Å². The van der Waals surface area contributed by atoms with Crippen molar-refractivity contribution in [3.05, 3.63) is 0 Å². The van der Waals surface area contributed by atoms with Crippen LogP contribution < -0.4 is 11.1 Å². The van der Waals surface area contributed by atoms with Crippen LogP contribution in [0.2, 0.25) is 0 Å². The van der Waals surface area contributed by atoms with E-state index in [1.54, 1.807) is 0 Å². The van der Waals surface area contributed by atoms with Crippen molar-refractivity contribution in [3.63, 3.8) is 0 Å². The fourth-order valence-corrected chi connectivity index (χ4v) is 0.872. The van der Waals surface area contributed by atoms with Crippen molar-refractivity contribution in [2.24, 2.45) is 11.7 Å². The molecule has 1 fully saturated rings. The lowest BCUT2D eigenvalue weighted by atomic mass is 10.1. The molecule has 0 aromatic rings. The van der Waals surface area contributed by atoms with Crippen LogP contribution >= 0.6 is 0 Å². The van der Waals surface area contributed by atoms with E-state index < -0.39 is 0 Å². The molecule has 0 bridgehead atoms. The molecule has 0 radical (unpaired) electrons. The van der Waals surface area contributed by atoms with Crippen LogP contribution in [0.25, 0.3) is 0 Å². The standard InChI is InChI=1S/C5H10N2O/c1-3-2-4(6)7-5(3)8/h3-4H,2,6H2,1H3,(H,7,8). The van der Waals surface area contributed by atoms with Gasteiger partial charge in [0.15, 0.2) is 0 Å². The molecular formula is C5H10N2O. The quantitative estimate of drug-likeness (QED) is 0.443. The average Bonchev–Trinajstić information content (AvgIpc) is 1.85. The molecule has 1 saturated heterocycles. The Bertz CT molecular complexity index is 113. The first kappa shape index (κ1) is 5.56. The Balaban J connectivity index is 2.51. The molecule has 1 amide bonds. The van der Waals surface area contributed by atoms with E-state index in [-0.39, 0.29) is 18.0 Å². The Hall–Kier alpha value is -0.570. The van der Waals surface area contributed by atoms with Crippen LogP contribution in [0.4, 0.5) is 0 Å². The molecule has 3 nitrogen and oxygen atoms in total. The SMILES string of the molecule is CC1CC(N)NC1=O. The summed E-state index contributed by atoms with van der Waals surface area (Å²) in [5, 5.41) is 2.61. The van der Waals surface area contributed by atoms with Gasteiger partial charge in [0.1, 0.15) is 0 Å². The summed E-state index contributed by atoms with van der Waals surface area (Å²) in [6.07, 6.45) is 0.677. The van der Waals surface area contributed by atoms with Gasteiger partial charge in [-0.25, -0.2) is 0 Å². The number of nitrogens with two attached hydrogens (primary N) is 1. The molecule has 0 spiro atoms. The molecular weight excluding hydrogens is 104 g/mol. The van der Waals surface area contributed by atoms with Gasteiger partial charge in [0.25, 0.3) is 0 Å². The van der Waals surface area contributed by atoms with Crippen molar-refractivity contribution in [3.8, 4) is 0 Å².